The lowest BCUT2D eigenvalue weighted by atomic mass is 10.0. The molecule has 0 spiro atoms. The van der Waals surface area contributed by atoms with Crippen LogP contribution in [0.5, 0.6) is 0 Å². The van der Waals surface area contributed by atoms with Crippen LogP contribution in [0.25, 0.3) is 10.9 Å². The van der Waals surface area contributed by atoms with E-state index in [0.717, 1.165) is 17.4 Å². The zero-order chi connectivity index (χ0) is 14.1. The van der Waals surface area contributed by atoms with Crippen LogP contribution in [0.1, 0.15) is 30.9 Å². The van der Waals surface area contributed by atoms with Crippen LogP contribution in [0.15, 0.2) is 48.5 Å². The van der Waals surface area contributed by atoms with Crippen LogP contribution in [-0.4, -0.2) is 9.78 Å². The number of fused-ring (bicyclic) bond motifs is 1. The third-order valence-electron chi connectivity index (χ3n) is 3.67. The number of hydrogen-bond acceptors (Lipinski definition) is 2. The van der Waals surface area contributed by atoms with Gasteiger partial charge in [0.1, 0.15) is 0 Å². The molecule has 0 saturated carbocycles. The number of hydrogen-bond donors (Lipinski definition) is 1. The van der Waals surface area contributed by atoms with Gasteiger partial charge < -0.3 is 5.73 Å². The zero-order valence-electron chi connectivity index (χ0n) is 11.9. The first-order valence-corrected chi connectivity index (χ1v) is 6.95. The lowest BCUT2D eigenvalue weighted by molar-refractivity contribution is 0.715. The molecule has 2 aromatic carbocycles. The molecule has 0 fully saturated rings. The van der Waals surface area contributed by atoms with Crippen molar-refractivity contribution in [3.8, 4) is 0 Å². The van der Waals surface area contributed by atoms with E-state index in [2.05, 4.69) is 49.3 Å². The highest BCUT2D eigenvalue weighted by Crippen LogP contribution is 2.21. The Morgan fingerprint density at radius 3 is 2.45 bits per heavy atom. The standard InChI is InChI=1S/C17H19N3/c1-12(2)14-9-7-13(8-10-14)11-20-16-6-4-3-5-15(16)17(18)19-20/h3-10,12H,11H2,1-2H3,(H2,18,19). The van der Waals surface area contributed by atoms with Gasteiger partial charge in [0.25, 0.3) is 0 Å². The van der Waals surface area contributed by atoms with Gasteiger partial charge in [-0.3, -0.25) is 4.68 Å². The van der Waals surface area contributed by atoms with Crippen LogP contribution in [0.2, 0.25) is 0 Å². The monoisotopic (exact) mass is 265 g/mol. The molecule has 102 valence electrons. The molecule has 2 N–H and O–H groups in total. The van der Waals surface area contributed by atoms with Crippen LogP contribution in [0.4, 0.5) is 5.82 Å². The fourth-order valence-electron chi connectivity index (χ4n) is 2.45. The summed E-state index contributed by atoms with van der Waals surface area (Å²) < 4.78 is 1.97. The summed E-state index contributed by atoms with van der Waals surface area (Å²) in [7, 11) is 0. The van der Waals surface area contributed by atoms with E-state index in [1.807, 2.05) is 22.9 Å². The van der Waals surface area contributed by atoms with Gasteiger partial charge in [0.15, 0.2) is 5.82 Å². The minimum absolute atomic E-state index is 0.560. The first-order valence-electron chi connectivity index (χ1n) is 6.95. The fraction of sp³-hybridized carbons (Fsp3) is 0.235. The van der Waals surface area contributed by atoms with Crippen molar-refractivity contribution in [3.63, 3.8) is 0 Å². The second-order valence-electron chi connectivity index (χ2n) is 5.46. The first kappa shape index (κ1) is 12.7. The highest BCUT2D eigenvalue weighted by Gasteiger charge is 2.07. The maximum Gasteiger partial charge on any atom is 0.153 e. The van der Waals surface area contributed by atoms with Crippen molar-refractivity contribution in [1.82, 2.24) is 9.78 Å². The van der Waals surface area contributed by atoms with Crippen LogP contribution in [0.3, 0.4) is 0 Å². The summed E-state index contributed by atoms with van der Waals surface area (Å²) in [5, 5.41) is 5.46. The largest absolute Gasteiger partial charge is 0.382 e. The summed E-state index contributed by atoms with van der Waals surface area (Å²) in [6, 6.07) is 16.8. The SMILES string of the molecule is CC(C)c1ccc(Cn2nc(N)c3ccccc32)cc1. The van der Waals surface area contributed by atoms with E-state index in [1.165, 1.54) is 11.1 Å². The predicted octanol–water partition coefficient (Wildman–Crippen LogP) is 3.79. The minimum atomic E-state index is 0.560. The number of para-hydroxylation sites is 1. The molecule has 3 heteroatoms. The van der Waals surface area contributed by atoms with E-state index >= 15 is 0 Å². The molecule has 0 bridgehead atoms. The molecule has 0 aliphatic rings. The Morgan fingerprint density at radius 2 is 1.75 bits per heavy atom. The lowest BCUT2D eigenvalue weighted by Crippen LogP contribution is -2.02. The average molecular weight is 265 g/mol. The van der Waals surface area contributed by atoms with Gasteiger partial charge in [-0.1, -0.05) is 50.2 Å². The summed E-state index contributed by atoms with van der Waals surface area (Å²) in [5.41, 5.74) is 9.64. The fourth-order valence-corrected chi connectivity index (χ4v) is 2.45. The highest BCUT2D eigenvalue weighted by atomic mass is 15.3. The van der Waals surface area contributed by atoms with Crippen LogP contribution in [-0.2, 0) is 6.54 Å². The number of nitrogens with two attached hydrogens (primary N) is 1. The molecule has 0 aliphatic carbocycles. The maximum atomic E-state index is 5.96. The second kappa shape index (κ2) is 5.00. The summed E-state index contributed by atoms with van der Waals surface area (Å²) in [6.45, 7) is 5.16. The molecular weight excluding hydrogens is 246 g/mol. The number of nitrogens with zero attached hydrogens (tertiary/aromatic N) is 2. The molecule has 3 aromatic rings. The van der Waals surface area contributed by atoms with Crippen molar-refractivity contribution in [3.05, 3.63) is 59.7 Å². The lowest BCUT2D eigenvalue weighted by Gasteiger charge is -2.07. The Hall–Kier alpha value is -2.29. The molecule has 0 aliphatic heterocycles. The molecule has 20 heavy (non-hydrogen) atoms. The topological polar surface area (TPSA) is 43.8 Å². The van der Waals surface area contributed by atoms with Crippen LogP contribution < -0.4 is 5.73 Å². The van der Waals surface area contributed by atoms with Gasteiger partial charge in [-0.25, -0.2) is 0 Å². The smallest absolute Gasteiger partial charge is 0.153 e. The van der Waals surface area contributed by atoms with Gasteiger partial charge in [-0.2, -0.15) is 5.10 Å². The van der Waals surface area contributed by atoms with E-state index in [9.17, 15) is 0 Å². The highest BCUT2D eigenvalue weighted by molar-refractivity contribution is 5.89. The molecule has 0 radical (unpaired) electrons. The van der Waals surface area contributed by atoms with Gasteiger partial charge in [0.05, 0.1) is 12.1 Å². The number of aromatic nitrogens is 2. The van der Waals surface area contributed by atoms with E-state index in [4.69, 9.17) is 5.73 Å². The van der Waals surface area contributed by atoms with Gasteiger partial charge in [-0.15, -0.1) is 0 Å². The van der Waals surface area contributed by atoms with E-state index in [-0.39, 0.29) is 0 Å². The van der Waals surface area contributed by atoms with Gasteiger partial charge in [0.2, 0.25) is 0 Å². The zero-order valence-corrected chi connectivity index (χ0v) is 11.9. The molecule has 0 amide bonds. The summed E-state index contributed by atoms with van der Waals surface area (Å²) in [5.74, 6) is 1.16. The van der Waals surface area contributed by atoms with Gasteiger partial charge in [-0.05, 0) is 29.2 Å². The van der Waals surface area contributed by atoms with E-state index in [1.54, 1.807) is 0 Å². The van der Waals surface area contributed by atoms with Gasteiger partial charge >= 0.3 is 0 Å². The molecule has 0 unspecified atom stereocenters. The van der Waals surface area contributed by atoms with Crippen molar-refractivity contribution in [2.45, 2.75) is 26.3 Å². The van der Waals surface area contributed by atoms with Gasteiger partial charge in [0, 0.05) is 5.39 Å². The Kier molecular flexibility index (Phi) is 3.18. The molecule has 0 saturated heterocycles. The molecule has 1 aromatic heterocycles. The Labute approximate surface area is 119 Å². The van der Waals surface area contributed by atoms with Crippen molar-refractivity contribution in [2.75, 3.05) is 5.73 Å². The van der Waals surface area contributed by atoms with Crippen molar-refractivity contribution >= 4 is 16.7 Å². The third kappa shape index (κ3) is 2.27. The quantitative estimate of drug-likeness (QED) is 0.783. The molecule has 3 nitrogen and oxygen atoms in total. The molecule has 3 rings (SSSR count). The third-order valence-corrected chi connectivity index (χ3v) is 3.67. The Morgan fingerprint density at radius 1 is 1.05 bits per heavy atom. The van der Waals surface area contributed by atoms with E-state index in [0.29, 0.717) is 11.7 Å². The number of nitrogen functional groups attached to an aromatic ring is 1. The number of rotatable bonds is 3. The molecular formula is C17H19N3. The number of benzene rings is 2. The number of anilines is 1. The predicted molar refractivity (Wildman–Crippen MR) is 83.8 cm³/mol. The minimum Gasteiger partial charge on any atom is -0.382 e. The maximum absolute atomic E-state index is 5.96. The van der Waals surface area contributed by atoms with E-state index < -0.39 is 0 Å². The van der Waals surface area contributed by atoms with Crippen molar-refractivity contribution in [2.24, 2.45) is 0 Å². The Balaban J connectivity index is 1.93. The summed E-state index contributed by atoms with van der Waals surface area (Å²) >= 11 is 0. The summed E-state index contributed by atoms with van der Waals surface area (Å²) in [4.78, 5) is 0. The first-order chi connectivity index (χ1) is 9.65. The van der Waals surface area contributed by atoms with Crippen molar-refractivity contribution < 1.29 is 0 Å². The summed E-state index contributed by atoms with van der Waals surface area (Å²) in [6.07, 6.45) is 0. The molecule has 1 heterocycles. The average Bonchev–Trinajstić information content (AvgIpc) is 2.77. The van der Waals surface area contributed by atoms with Crippen LogP contribution >= 0.6 is 0 Å². The molecule has 0 atom stereocenters. The Bertz CT molecular complexity index is 724. The van der Waals surface area contributed by atoms with Crippen molar-refractivity contribution in [1.29, 1.82) is 0 Å². The van der Waals surface area contributed by atoms with Crippen LogP contribution in [0, 0.1) is 0 Å². The normalized spacial score (nSPS) is 11.3. The second-order valence-corrected chi connectivity index (χ2v) is 5.46.